The van der Waals surface area contributed by atoms with E-state index in [1.54, 1.807) is 16.6 Å². The molecule has 1 saturated heterocycles. The van der Waals surface area contributed by atoms with Crippen LogP contribution in [0.3, 0.4) is 0 Å². The molecule has 0 saturated carbocycles. The van der Waals surface area contributed by atoms with Crippen molar-refractivity contribution in [3.8, 4) is 5.75 Å². The van der Waals surface area contributed by atoms with E-state index < -0.39 is 29.1 Å². The van der Waals surface area contributed by atoms with Gasteiger partial charge < -0.3 is 15.1 Å². The molecule has 2 aromatic heterocycles. The number of aromatic nitrogens is 3. The lowest BCUT2D eigenvalue weighted by Crippen LogP contribution is -2.43. The maximum absolute atomic E-state index is 13.6. The van der Waals surface area contributed by atoms with E-state index in [9.17, 15) is 24.6 Å². The van der Waals surface area contributed by atoms with Gasteiger partial charge in [-0.15, -0.1) is 0 Å². The Hall–Kier alpha value is -4.14. The first-order valence-corrected chi connectivity index (χ1v) is 10.7. The number of carbonyl (C=O) groups excluding carboxylic acids is 1. The molecule has 1 aliphatic heterocycles. The Morgan fingerprint density at radius 2 is 1.67 bits per heavy atom. The molecule has 0 spiro atoms. The number of carboxylic acids is 1. The van der Waals surface area contributed by atoms with Crippen molar-refractivity contribution in [1.82, 2.24) is 19.1 Å². The fourth-order valence-corrected chi connectivity index (χ4v) is 4.42. The predicted molar refractivity (Wildman–Crippen MR) is 120 cm³/mol. The standard InChI is InChI=1S/C24H22N4O5/c29-20-19(22(30)26-12-10-16(11-13-26)24(32)33)23(31)27(14-15-6-2-1-3-7-15)28-18-9-5-4-8-17(18)25-21(20)28/h1-9,16,29H,10-14H2,(H,32,33). The van der Waals surface area contributed by atoms with Gasteiger partial charge in [0.15, 0.2) is 17.0 Å². The Labute approximate surface area is 188 Å². The van der Waals surface area contributed by atoms with Gasteiger partial charge in [0, 0.05) is 13.1 Å². The third-order valence-electron chi connectivity index (χ3n) is 6.20. The van der Waals surface area contributed by atoms with E-state index in [0.717, 1.165) is 5.56 Å². The minimum Gasteiger partial charge on any atom is -0.504 e. The number of benzene rings is 2. The van der Waals surface area contributed by atoms with E-state index in [2.05, 4.69) is 4.98 Å². The minimum absolute atomic E-state index is 0.121. The van der Waals surface area contributed by atoms with Gasteiger partial charge in [-0.3, -0.25) is 14.4 Å². The number of carboxylic acid groups (broad SMARTS) is 1. The molecular weight excluding hydrogens is 424 g/mol. The van der Waals surface area contributed by atoms with Gasteiger partial charge in [0.25, 0.3) is 11.5 Å². The van der Waals surface area contributed by atoms with E-state index in [1.165, 1.54) is 9.58 Å². The second-order valence-electron chi connectivity index (χ2n) is 8.21. The molecule has 1 fully saturated rings. The zero-order chi connectivity index (χ0) is 23.1. The number of para-hydroxylation sites is 2. The van der Waals surface area contributed by atoms with Crippen LogP contribution < -0.4 is 5.56 Å². The van der Waals surface area contributed by atoms with Gasteiger partial charge in [0.2, 0.25) is 0 Å². The molecular formula is C24H22N4O5. The molecule has 2 N–H and O–H groups in total. The summed E-state index contributed by atoms with van der Waals surface area (Å²) in [5.41, 5.74) is 1.22. The highest BCUT2D eigenvalue weighted by Gasteiger charge is 2.32. The first-order chi connectivity index (χ1) is 16.0. The van der Waals surface area contributed by atoms with Crippen LogP contribution in [0.15, 0.2) is 59.4 Å². The SMILES string of the molecule is O=C(O)C1CCN(C(=O)c2c(O)c3nc4ccccc4n3n(Cc3ccccc3)c2=O)CC1. The number of carbonyl (C=O) groups is 2. The van der Waals surface area contributed by atoms with Crippen molar-refractivity contribution in [2.24, 2.45) is 5.92 Å². The Morgan fingerprint density at radius 1 is 1.00 bits per heavy atom. The van der Waals surface area contributed by atoms with Crippen molar-refractivity contribution >= 4 is 28.6 Å². The second-order valence-corrected chi connectivity index (χ2v) is 8.21. The summed E-state index contributed by atoms with van der Waals surface area (Å²) in [6.45, 7) is 0.585. The van der Waals surface area contributed by atoms with Crippen LogP contribution in [-0.2, 0) is 11.3 Å². The summed E-state index contributed by atoms with van der Waals surface area (Å²) in [7, 11) is 0. The number of rotatable bonds is 4. The van der Waals surface area contributed by atoms with Crippen molar-refractivity contribution < 1.29 is 19.8 Å². The van der Waals surface area contributed by atoms with Crippen LogP contribution in [0.25, 0.3) is 16.7 Å². The summed E-state index contributed by atoms with van der Waals surface area (Å²) in [6.07, 6.45) is 0.602. The van der Waals surface area contributed by atoms with Crippen LogP contribution in [0.2, 0.25) is 0 Å². The van der Waals surface area contributed by atoms with Crippen molar-refractivity contribution in [3.05, 3.63) is 76.1 Å². The van der Waals surface area contributed by atoms with Gasteiger partial charge in [-0.1, -0.05) is 42.5 Å². The maximum atomic E-state index is 13.6. The molecule has 5 rings (SSSR count). The number of aromatic hydroxyl groups is 1. The van der Waals surface area contributed by atoms with Gasteiger partial charge in [0.1, 0.15) is 0 Å². The molecule has 0 atom stereocenters. The quantitative estimate of drug-likeness (QED) is 0.497. The molecule has 9 heteroatoms. The summed E-state index contributed by atoms with van der Waals surface area (Å²) >= 11 is 0. The number of likely N-dealkylation sites (tertiary alicyclic amines) is 1. The highest BCUT2D eigenvalue weighted by Crippen LogP contribution is 2.27. The van der Waals surface area contributed by atoms with Gasteiger partial charge in [0.05, 0.1) is 23.5 Å². The molecule has 1 amide bonds. The molecule has 3 heterocycles. The molecule has 168 valence electrons. The maximum Gasteiger partial charge on any atom is 0.306 e. The second kappa shape index (κ2) is 8.09. The molecule has 0 radical (unpaired) electrons. The normalized spacial score (nSPS) is 14.7. The lowest BCUT2D eigenvalue weighted by molar-refractivity contribution is -0.143. The molecule has 4 aromatic rings. The van der Waals surface area contributed by atoms with Crippen LogP contribution in [-0.4, -0.2) is 54.3 Å². The highest BCUT2D eigenvalue weighted by atomic mass is 16.4. The summed E-state index contributed by atoms with van der Waals surface area (Å²) in [5.74, 6) is -2.48. The van der Waals surface area contributed by atoms with Crippen molar-refractivity contribution in [3.63, 3.8) is 0 Å². The van der Waals surface area contributed by atoms with Crippen molar-refractivity contribution in [1.29, 1.82) is 0 Å². The van der Waals surface area contributed by atoms with E-state index in [0.29, 0.717) is 23.9 Å². The number of hydrogen-bond acceptors (Lipinski definition) is 5. The van der Waals surface area contributed by atoms with E-state index in [4.69, 9.17) is 0 Å². The molecule has 1 aliphatic rings. The van der Waals surface area contributed by atoms with Crippen LogP contribution in [0.1, 0.15) is 28.8 Å². The number of amides is 1. The number of hydrogen-bond donors (Lipinski definition) is 2. The van der Waals surface area contributed by atoms with E-state index in [-0.39, 0.29) is 30.8 Å². The summed E-state index contributed by atoms with van der Waals surface area (Å²) < 4.78 is 2.96. The summed E-state index contributed by atoms with van der Waals surface area (Å²) in [4.78, 5) is 44.1. The predicted octanol–water partition coefficient (Wildman–Crippen LogP) is 2.34. The third kappa shape index (κ3) is 3.51. The van der Waals surface area contributed by atoms with Gasteiger partial charge in [-0.25, -0.2) is 14.2 Å². The average molecular weight is 446 g/mol. The first-order valence-electron chi connectivity index (χ1n) is 10.7. The van der Waals surface area contributed by atoms with Crippen molar-refractivity contribution in [2.75, 3.05) is 13.1 Å². The monoisotopic (exact) mass is 446 g/mol. The highest BCUT2D eigenvalue weighted by molar-refractivity contribution is 5.99. The average Bonchev–Trinajstić information content (AvgIpc) is 3.22. The lowest BCUT2D eigenvalue weighted by atomic mass is 9.96. The summed E-state index contributed by atoms with van der Waals surface area (Å²) in [6, 6.07) is 16.6. The van der Waals surface area contributed by atoms with Gasteiger partial charge in [-0.2, -0.15) is 0 Å². The fourth-order valence-electron chi connectivity index (χ4n) is 4.42. The lowest BCUT2D eigenvalue weighted by Gasteiger charge is -2.30. The number of nitrogens with zero attached hydrogens (tertiary/aromatic N) is 4. The number of aliphatic carboxylic acids is 1. The third-order valence-corrected chi connectivity index (χ3v) is 6.20. The number of imidazole rings is 1. The van der Waals surface area contributed by atoms with E-state index in [1.807, 2.05) is 42.5 Å². The first kappa shape index (κ1) is 20.7. The Kier molecular flexibility index (Phi) is 5.08. The molecule has 0 unspecified atom stereocenters. The van der Waals surface area contributed by atoms with Crippen LogP contribution >= 0.6 is 0 Å². The Morgan fingerprint density at radius 3 is 2.36 bits per heavy atom. The number of fused-ring (bicyclic) bond motifs is 3. The largest absolute Gasteiger partial charge is 0.504 e. The molecule has 0 aliphatic carbocycles. The smallest absolute Gasteiger partial charge is 0.306 e. The molecule has 0 bridgehead atoms. The zero-order valence-corrected chi connectivity index (χ0v) is 17.7. The van der Waals surface area contributed by atoms with Crippen LogP contribution in [0.4, 0.5) is 0 Å². The van der Waals surface area contributed by atoms with Gasteiger partial charge >= 0.3 is 5.97 Å². The topological polar surface area (TPSA) is 117 Å². The molecule has 33 heavy (non-hydrogen) atoms. The molecule has 9 nitrogen and oxygen atoms in total. The molecule has 2 aromatic carbocycles. The van der Waals surface area contributed by atoms with E-state index >= 15 is 0 Å². The van der Waals surface area contributed by atoms with Gasteiger partial charge in [-0.05, 0) is 30.5 Å². The fraction of sp³-hybridized carbons (Fsp3) is 0.250. The minimum atomic E-state index is -0.888. The Bertz CT molecular complexity index is 1430. The summed E-state index contributed by atoms with van der Waals surface area (Å²) in [5, 5.41) is 20.2. The van der Waals surface area contributed by atoms with Crippen LogP contribution in [0, 0.1) is 5.92 Å². The Balaban J connectivity index is 1.67. The van der Waals surface area contributed by atoms with Crippen LogP contribution in [0.5, 0.6) is 5.75 Å². The zero-order valence-electron chi connectivity index (χ0n) is 17.7. The number of piperidine rings is 1. The van der Waals surface area contributed by atoms with Crippen molar-refractivity contribution in [2.45, 2.75) is 19.4 Å².